The van der Waals surface area contributed by atoms with E-state index < -0.39 is 0 Å². The van der Waals surface area contributed by atoms with Crippen LogP contribution >= 0.6 is 11.8 Å². The molecule has 0 radical (unpaired) electrons. The minimum Gasteiger partial charge on any atom is -0.316 e. The zero-order valence-electron chi connectivity index (χ0n) is 10.4. The highest BCUT2D eigenvalue weighted by Crippen LogP contribution is 2.22. The molecule has 0 aromatic rings. The molecule has 1 N–H and O–H groups in total. The van der Waals surface area contributed by atoms with Crippen LogP contribution in [-0.4, -0.2) is 25.1 Å². The predicted octanol–water partition coefficient (Wildman–Crippen LogP) is 3.55. The molecule has 2 heteroatoms. The molecule has 1 aliphatic rings. The van der Waals surface area contributed by atoms with Gasteiger partial charge in [0.2, 0.25) is 0 Å². The van der Waals surface area contributed by atoms with Gasteiger partial charge < -0.3 is 5.32 Å². The van der Waals surface area contributed by atoms with E-state index in [9.17, 15) is 0 Å². The molecule has 1 rings (SSSR count). The minimum absolute atomic E-state index is 0.825. The molecule has 1 nitrogen and oxygen atoms in total. The summed E-state index contributed by atoms with van der Waals surface area (Å²) in [4.78, 5) is 0. The molecule has 0 aromatic carbocycles. The molecule has 1 atom stereocenters. The van der Waals surface area contributed by atoms with Gasteiger partial charge in [-0.2, -0.15) is 11.8 Å². The Morgan fingerprint density at radius 2 is 1.87 bits per heavy atom. The summed E-state index contributed by atoms with van der Waals surface area (Å²) in [6.45, 7) is 4.81. The van der Waals surface area contributed by atoms with Crippen molar-refractivity contribution in [3.63, 3.8) is 0 Å². The van der Waals surface area contributed by atoms with E-state index >= 15 is 0 Å². The second-order valence-corrected chi connectivity index (χ2v) is 5.99. The van der Waals surface area contributed by atoms with Crippen LogP contribution in [0.15, 0.2) is 0 Å². The second-order valence-electron chi connectivity index (χ2n) is 5.08. The molecule has 0 saturated heterocycles. The second kappa shape index (κ2) is 8.46. The van der Waals surface area contributed by atoms with Crippen LogP contribution in [0.5, 0.6) is 0 Å². The Labute approximate surface area is 99.8 Å². The van der Waals surface area contributed by atoms with E-state index in [1.165, 1.54) is 57.4 Å². The highest BCUT2D eigenvalue weighted by atomic mass is 32.2. The summed E-state index contributed by atoms with van der Waals surface area (Å²) >= 11 is 1.96. The van der Waals surface area contributed by atoms with E-state index in [4.69, 9.17) is 0 Å². The molecule has 0 aromatic heterocycles. The van der Waals surface area contributed by atoms with E-state index in [-0.39, 0.29) is 0 Å². The van der Waals surface area contributed by atoms with Crippen molar-refractivity contribution in [1.29, 1.82) is 0 Å². The first kappa shape index (κ1) is 13.4. The third kappa shape index (κ3) is 6.47. The standard InChI is InChI=1S/C13H27NS/c1-12(11-15-2)9-14-10-13-7-5-3-4-6-8-13/h12-14H,3-11H2,1-2H3. The SMILES string of the molecule is CSCC(C)CNCC1CCCCCC1. The Bertz CT molecular complexity index is 141. The van der Waals surface area contributed by atoms with Crippen LogP contribution in [0.4, 0.5) is 0 Å². The van der Waals surface area contributed by atoms with Crippen molar-refractivity contribution in [1.82, 2.24) is 5.32 Å². The maximum Gasteiger partial charge on any atom is -0.00152 e. The van der Waals surface area contributed by atoms with Crippen molar-refractivity contribution in [2.75, 3.05) is 25.1 Å². The zero-order valence-corrected chi connectivity index (χ0v) is 11.2. The molecule has 0 bridgehead atoms. The summed E-state index contributed by atoms with van der Waals surface area (Å²) in [5, 5.41) is 3.65. The van der Waals surface area contributed by atoms with Crippen LogP contribution in [0.3, 0.4) is 0 Å². The van der Waals surface area contributed by atoms with Crippen molar-refractivity contribution in [2.45, 2.75) is 45.4 Å². The average molecular weight is 229 g/mol. The lowest BCUT2D eigenvalue weighted by molar-refractivity contribution is 0.411. The highest BCUT2D eigenvalue weighted by Gasteiger charge is 2.11. The summed E-state index contributed by atoms with van der Waals surface area (Å²) in [6, 6.07) is 0. The van der Waals surface area contributed by atoms with Crippen LogP contribution < -0.4 is 5.32 Å². The Kier molecular flexibility index (Phi) is 7.54. The van der Waals surface area contributed by atoms with E-state index in [1.807, 2.05) is 11.8 Å². The fourth-order valence-electron chi connectivity index (χ4n) is 2.45. The Morgan fingerprint density at radius 1 is 1.20 bits per heavy atom. The molecule has 90 valence electrons. The number of thioether (sulfide) groups is 1. The Balaban J connectivity index is 2.02. The Hall–Kier alpha value is 0.310. The Morgan fingerprint density at radius 3 is 2.47 bits per heavy atom. The molecule has 1 fully saturated rings. The lowest BCUT2D eigenvalue weighted by Gasteiger charge is -2.17. The summed E-state index contributed by atoms with van der Waals surface area (Å²) in [5.74, 6) is 3.08. The molecular formula is C13H27NS. The highest BCUT2D eigenvalue weighted by molar-refractivity contribution is 7.98. The van der Waals surface area contributed by atoms with Gasteiger partial charge in [-0.25, -0.2) is 0 Å². The fourth-order valence-corrected chi connectivity index (χ4v) is 3.13. The minimum atomic E-state index is 0.825. The van der Waals surface area contributed by atoms with Gasteiger partial charge in [-0.3, -0.25) is 0 Å². The van der Waals surface area contributed by atoms with Crippen molar-refractivity contribution in [2.24, 2.45) is 11.8 Å². The molecule has 1 saturated carbocycles. The van der Waals surface area contributed by atoms with E-state index in [1.54, 1.807) is 0 Å². The van der Waals surface area contributed by atoms with Gasteiger partial charge in [0.1, 0.15) is 0 Å². The summed E-state index contributed by atoms with van der Waals surface area (Å²) < 4.78 is 0. The number of hydrogen-bond acceptors (Lipinski definition) is 2. The topological polar surface area (TPSA) is 12.0 Å². The van der Waals surface area contributed by atoms with Gasteiger partial charge in [0.05, 0.1) is 0 Å². The van der Waals surface area contributed by atoms with Gasteiger partial charge in [-0.05, 0) is 49.8 Å². The molecular weight excluding hydrogens is 202 g/mol. The summed E-state index contributed by atoms with van der Waals surface area (Å²) in [5.41, 5.74) is 0. The first-order chi connectivity index (χ1) is 7.33. The molecule has 0 heterocycles. The quantitative estimate of drug-likeness (QED) is 0.699. The lowest BCUT2D eigenvalue weighted by atomic mass is 10.0. The van der Waals surface area contributed by atoms with Gasteiger partial charge in [-0.15, -0.1) is 0 Å². The van der Waals surface area contributed by atoms with Crippen LogP contribution in [0.25, 0.3) is 0 Å². The molecule has 0 aliphatic heterocycles. The maximum absolute atomic E-state index is 3.65. The largest absolute Gasteiger partial charge is 0.316 e. The van der Waals surface area contributed by atoms with Crippen molar-refractivity contribution in [3.05, 3.63) is 0 Å². The van der Waals surface area contributed by atoms with Crippen molar-refractivity contribution < 1.29 is 0 Å². The average Bonchev–Trinajstić information content (AvgIpc) is 2.47. The molecule has 15 heavy (non-hydrogen) atoms. The summed E-state index contributed by atoms with van der Waals surface area (Å²) in [6.07, 6.45) is 11.0. The number of hydrogen-bond donors (Lipinski definition) is 1. The van der Waals surface area contributed by atoms with Gasteiger partial charge in [0.15, 0.2) is 0 Å². The fraction of sp³-hybridized carbons (Fsp3) is 1.00. The third-order valence-corrected chi connectivity index (χ3v) is 4.25. The van der Waals surface area contributed by atoms with Crippen molar-refractivity contribution >= 4 is 11.8 Å². The molecule has 0 amide bonds. The van der Waals surface area contributed by atoms with E-state index in [0.717, 1.165) is 11.8 Å². The van der Waals surface area contributed by atoms with Gasteiger partial charge in [0.25, 0.3) is 0 Å². The van der Waals surface area contributed by atoms with E-state index in [2.05, 4.69) is 18.5 Å². The monoisotopic (exact) mass is 229 g/mol. The zero-order chi connectivity index (χ0) is 10.9. The summed E-state index contributed by atoms with van der Waals surface area (Å²) in [7, 11) is 0. The maximum atomic E-state index is 3.65. The van der Waals surface area contributed by atoms with Gasteiger partial charge in [-0.1, -0.05) is 32.6 Å². The first-order valence-electron chi connectivity index (χ1n) is 6.52. The normalized spacial score (nSPS) is 21.2. The van der Waals surface area contributed by atoms with Crippen LogP contribution in [0, 0.1) is 11.8 Å². The first-order valence-corrected chi connectivity index (χ1v) is 7.92. The molecule has 1 unspecified atom stereocenters. The number of rotatable bonds is 6. The van der Waals surface area contributed by atoms with Crippen LogP contribution in [0.2, 0.25) is 0 Å². The number of nitrogens with one attached hydrogen (secondary N) is 1. The van der Waals surface area contributed by atoms with E-state index in [0.29, 0.717) is 0 Å². The van der Waals surface area contributed by atoms with Gasteiger partial charge in [0, 0.05) is 0 Å². The molecule has 1 aliphatic carbocycles. The predicted molar refractivity (Wildman–Crippen MR) is 71.6 cm³/mol. The van der Waals surface area contributed by atoms with Crippen molar-refractivity contribution in [3.8, 4) is 0 Å². The lowest BCUT2D eigenvalue weighted by Crippen LogP contribution is -2.28. The van der Waals surface area contributed by atoms with Gasteiger partial charge >= 0.3 is 0 Å². The smallest absolute Gasteiger partial charge is 0.00152 e. The van der Waals surface area contributed by atoms with Crippen LogP contribution in [0.1, 0.15) is 45.4 Å². The van der Waals surface area contributed by atoms with Crippen LogP contribution in [-0.2, 0) is 0 Å². The molecule has 0 spiro atoms. The third-order valence-electron chi connectivity index (χ3n) is 3.35.